The predicted molar refractivity (Wildman–Crippen MR) is 107 cm³/mol. The molecule has 0 radical (unpaired) electrons. The summed E-state index contributed by atoms with van der Waals surface area (Å²) >= 11 is 0. The van der Waals surface area contributed by atoms with Gasteiger partial charge in [-0.25, -0.2) is 4.98 Å². The smallest absolute Gasteiger partial charge is 0.261 e. The molecule has 0 unspecified atom stereocenters. The monoisotopic (exact) mass is 372 g/mol. The summed E-state index contributed by atoms with van der Waals surface area (Å²) in [4.78, 5) is 8.72. The van der Waals surface area contributed by atoms with E-state index in [2.05, 4.69) is 20.4 Å². The SMILES string of the molecule is Cc1noc(-c2cccnc2NCc2ccccc2OCc2ccccc2)n1. The van der Waals surface area contributed by atoms with Gasteiger partial charge in [-0.3, -0.25) is 0 Å². The van der Waals surface area contributed by atoms with Gasteiger partial charge >= 0.3 is 0 Å². The van der Waals surface area contributed by atoms with Crippen LogP contribution in [0.5, 0.6) is 5.75 Å². The second-order valence-electron chi connectivity index (χ2n) is 6.28. The van der Waals surface area contributed by atoms with Gasteiger partial charge in [0.1, 0.15) is 18.2 Å². The highest BCUT2D eigenvalue weighted by atomic mass is 16.5. The van der Waals surface area contributed by atoms with Crippen molar-refractivity contribution in [3.8, 4) is 17.2 Å². The first-order chi connectivity index (χ1) is 13.8. The Balaban J connectivity index is 1.49. The lowest BCUT2D eigenvalue weighted by Gasteiger charge is -2.13. The molecule has 2 aromatic heterocycles. The summed E-state index contributed by atoms with van der Waals surface area (Å²) in [6.45, 7) is 2.87. The maximum absolute atomic E-state index is 6.03. The Morgan fingerprint density at radius 2 is 1.79 bits per heavy atom. The molecule has 0 fully saturated rings. The van der Waals surface area contributed by atoms with E-state index in [4.69, 9.17) is 9.26 Å². The molecule has 0 aliphatic carbocycles. The Labute approximate surface area is 163 Å². The number of nitrogens with zero attached hydrogens (tertiary/aromatic N) is 3. The average Bonchev–Trinajstić information content (AvgIpc) is 3.18. The van der Waals surface area contributed by atoms with E-state index in [-0.39, 0.29) is 0 Å². The van der Waals surface area contributed by atoms with E-state index in [1.165, 1.54) is 0 Å². The first kappa shape index (κ1) is 17.7. The number of para-hydroxylation sites is 1. The number of aromatic nitrogens is 3. The maximum Gasteiger partial charge on any atom is 0.261 e. The zero-order chi connectivity index (χ0) is 19.2. The predicted octanol–water partition coefficient (Wildman–Crippen LogP) is 4.63. The van der Waals surface area contributed by atoms with Crippen LogP contribution in [0.2, 0.25) is 0 Å². The number of hydrogen-bond acceptors (Lipinski definition) is 6. The highest BCUT2D eigenvalue weighted by Crippen LogP contribution is 2.26. The molecule has 140 valence electrons. The van der Waals surface area contributed by atoms with Gasteiger partial charge in [-0.15, -0.1) is 0 Å². The Hall–Kier alpha value is -3.67. The lowest BCUT2D eigenvalue weighted by molar-refractivity contribution is 0.303. The summed E-state index contributed by atoms with van der Waals surface area (Å²) in [5, 5.41) is 7.21. The van der Waals surface area contributed by atoms with Crippen LogP contribution in [0.3, 0.4) is 0 Å². The quantitative estimate of drug-likeness (QED) is 0.510. The summed E-state index contributed by atoms with van der Waals surface area (Å²) in [6, 6.07) is 21.8. The first-order valence-electron chi connectivity index (χ1n) is 9.04. The molecule has 0 saturated heterocycles. The molecule has 4 aromatic rings. The molecule has 28 heavy (non-hydrogen) atoms. The van der Waals surface area contributed by atoms with Gasteiger partial charge in [-0.2, -0.15) is 4.98 Å². The summed E-state index contributed by atoms with van der Waals surface area (Å²) in [5.41, 5.74) is 2.94. The minimum atomic E-state index is 0.446. The maximum atomic E-state index is 6.03. The second-order valence-corrected chi connectivity index (χ2v) is 6.28. The van der Waals surface area contributed by atoms with Crippen LogP contribution in [-0.4, -0.2) is 15.1 Å². The molecule has 0 aliphatic heterocycles. The zero-order valence-electron chi connectivity index (χ0n) is 15.5. The van der Waals surface area contributed by atoms with E-state index >= 15 is 0 Å². The van der Waals surface area contributed by atoms with Crippen molar-refractivity contribution >= 4 is 5.82 Å². The molecule has 1 N–H and O–H groups in total. The summed E-state index contributed by atoms with van der Waals surface area (Å²) < 4.78 is 11.3. The fourth-order valence-corrected chi connectivity index (χ4v) is 2.83. The fraction of sp³-hybridized carbons (Fsp3) is 0.136. The molecule has 6 nitrogen and oxygen atoms in total. The highest BCUT2D eigenvalue weighted by molar-refractivity contribution is 5.68. The molecular formula is C22H20N4O2. The van der Waals surface area contributed by atoms with Gasteiger partial charge in [0.05, 0.1) is 5.56 Å². The summed E-state index contributed by atoms with van der Waals surface area (Å²) in [6.07, 6.45) is 1.73. The van der Waals surface area contributed by atoms with E-state index < -0.39 is 0 Å². The van der Waals surface area contributed by atoms with Crippen LogP contribution in [-0.2, 0) is 13.2 Å². The summed E-state index contributed by atoms with van der Waals surface area (Å²) in [5.74, 6) is 2.56. The van der Waals surface area contributed by atoms with Gasteiger partial charge in [0.15, 0.2) is 5.82 Å². The molecule has 6 heteroatoms. The highest BCUT2D eigenvalue weighted by Gasteiger charge is 2.13. The average molecular weight is 372 g/mol. The van der Waals surface area contributed by atoms with Crippen LogP contribution >= 0.6 is 0 Å². The van der Waals surface area contributed by atoms with Crippen molar-refractivity contribution in [1.29, 1.82) is 0 Å². The van der Waals surface area contributed by atoms with Crippen LogP contribution in [0.4, 0.5) is 5.82 Å². The van der Waals surface area contributed by atoms with Gasteiger partial charge in [0.25, 0.3) is 5.89 Å². The van der Waals surface area contributed by atoms with Crippen molar-refractivity contribution in [2.24, 2.45) is 0 Å². The van der Waals surface area contributed by atoms with E-state index in [9.17, 15) is 0 Å². The molecule has 0 spiro atoms. The Kier molecular flexibility index (Phi) is 5.29. The minimum Gasteiger partial charge on any atom is -0.489 e. The van der Waals surface area contributed by atoms with Crippen molar-refractivity contribution in [1.82, 2.24) is 15.1 Å². The molecular weight excluding hydrogens is 352 g/mol. The van der Waals surface area contributed by atoms with Gasteiger partial charge in [0, 0.05) is 18.3 Å². The van der Waals surface area contributed by atoms with Gasteiger partial charge in [-0.1, -0.05) is 53.7 Å². The number of pyridine rings is 1. The molecule has 2 aromatic carbocycles. The topological polar surface area (TPSA) is 73.1 Å². The van der Waals surface area contributed by atoms with E-state index in [1.54, 1.807) is 13.1 Å². The number of hydrogen-bond donors (Lipinski definition) is 1. The Morgan fingerprint density at radius 3 is 2.61 bits per heavy atom. The normalized spacial score (nSPS) is 10.6. The Bertz CT molecular complexity index is 1050. The molecule has 0 bridgehead atoms. The lowest BCUT2D eigenvalue weighted by Crippen LogP contribution is -2.05. The van der Waals surface area contributed by atoms with Crippen molar-refractivity contribution in [3.05, 3.63) is 89.9 Å². The summed E-state index contributed by atoms with van der Waals surface area (Å²) in [7, 11) is 0. The number of rotatable bonds is 7. The van der Waals surface area contributed by atoms with Crippen LogP contribution in [0.1, 0.15) is 17.0 Å². The first-order valence-corrected chi connectivity index (χ1v) is 9.04. The standard InChI is InChI=1S/C22H20N4O2/c1-16-25-22(28-26-16)19-11-7-13-23-21(19)24-14-18-10-5-6-12-20(18)27-15-17-8-3-2-4-9-17/h2-13H,14-15H2,1H3,(H,23,24). The third-order valence-electron chi connectivity index (χ3n) is 4.22. The zero-order valence-corrected chi connectivity index (χ0v) is 15.5. The number of nitrogens with one attached hydrogen (secondary N) is 1. The van der Waals surface area contributed by atoms with Crippen LogP contribution in [0.15, 0.2) is 77.4 Å². The number of ether oxygens (including phenoxy) is 1. The molecule has 0 atom stereocenters. The minimum absolute atomic E-state index is 0.446. The number of benzene rings is 2. The Morgan fingerprint density at radius 1 is 0.964 bits per heavy atom. The van der Waals surface area contributed by atoms with E-state index in [0.717, 1.165) is 22.4 Å². The molecule has 2 heterocycles. The largest absolute Gasteiger partial charge is 0.489 e. The lowest BCUT2D eigenvalue weighted by atomic mass is 10.2. The third-order valence-corrected chi connectivity index (χ3v) is 4.22. The van der Waals surface area contributed by atoms with Crippen molar-refractivity contribution in [2.45, 2.75) is 20.1 Å². The molecule has 0 amide bonds. The molecule has 0 saturated carbocycles. The second kappa shape index (κ2) is 8.35. The van der Waals surface area contributed by atoms with Crippen LogP contribution in [0.25, 0.3) is 11.5 Å². The molecule has 0 aliphatic rings. The van der Waals surface area contributed by atoms with E-state index in [0.29, 0.717) is 30.7 Å². The number of anilines is 1. The van der Waals surface area contributed by atoms with Crippen molar-refractivity contribution in [3.63, 3.8) is 0 Å². The van der Waals surface area contributed by atoms with Crippen molar-refractivity contribution < 1.29 is 9.26 Å². The van der Waals surface area contributed by atoms with Crippen LogP contribution < -0.4 is 10.1 Å². The molecule has 4 rings (SSSR count). The fourth-order valence-electron chi connectivity index (χ4n) is 2.83. The van der Waals surface area contributed by atoms with Gasteiger partial charge in [0.2, 0.25) is 0 Å². The van der Waals surface area contributed by atoms with E-state index in [1.807, 2.05) is 66.7 Å². The van der Waals surface area contributed by atoms with Crippen LogP contribution in [0, 0.1) is 6.92 Å². The number of aryl methyl sites for hydroxylation is 1. The van der Waals surface area contributed by atoms with Crippen molar-refractivity contribution in [2.75, 3.05) is 5.32 Å². The third kappa shape index (κ3) is 4.17. The van der Waals surface area contributed by atoms with Gasteiger partial charge in [-0.05, 0) is 30.7 Å². The van der Waals surface area contributed by atoms with Gasteiger partial charge < -0.3 is 14.6 Å².